The van der Waals surface area contributed by atoms with Gasteiger partial charge in [0.05, 0.1) is 7.11 Å². The van der Waals surface area contributed by atoms with Gasteiger partial charge in [0.1, 0.15) is 5.75 Å². The molecular formula is C17H24Br2O. The first-order valence-electron chi connectivity index (χ1n) is 7.60. The summed E-state index contributed by atoms with van der Waals surface area (Å²) in [5.74, 6) is 2.61. The van der Waals surface area contributed by atoms with Gasteiger partial charge in [-0.15, -0.1) is 0 Å². The summed E-state index contributed by atoms with van der Waals surface area (Å²) in [6.45, 7) is 2.30. The SMILES string of the molecule is CCCC1CCC(Br)C(Cc2cc(OC)ccc2Br)C1. The van der Waals surface area contributed by atoms with Crippen molar-refractivity contribution >= 4 is 31.9 Å². The number of halogens is 2. The van der Waals surface area contributed by atoms with Crippen molar-refractivity contribution in [1.82, 2.24) is 0 Å². The highest BCUT2D eigenvalue weighted by Crippen LogP contribution is 2.39. The molecule has 1 aromatic rings. The first-order valence-corrected chi connectivity index (χ1v) is 9.31. The first-order chi connectivity index (χ1) is 9.63. The van der Waals surface area contributed by atoms with E-state index in [0.717, 1.165) is 24.0 Å². The molecule has 2 rings (SSSR count). The van der Waals surface area contributed by atoms with Crippen molar-refractivity contribution in [2.45, 2.75) is 50.3 Å². The number of hydrogen-bond donors (Lipinski definition) is 0. The molecule has 1 aromatic carbocycles. The molecule has 20 heavy (non-hydrogen) atoms. The zero-order chi connectivity index (χ0) is 14.5. The largest absolute Gasteiger partial charge is 0.497 e. The molecule has 0 radical (unpaired) electrons. The van der Waals surface area contributed by atoms with Crippen LogP contribution in [-0.2, 0) is 6.42 Å². The smallest absolute Gasteiger partial charge is 0.119 e. The molecule has 112 valence electrons. The van der Waals surface area contributed by atoms with E-state index in [9.17, 15) is 0 Å². The van der Waals surface area contributed by atoms with Gasteiger partial charge in [-0.05, 0) is 61.3 Å². The second kappa shape index (κ2) is 7.84. The number of benzene rings is 1. The maximum Gasteiger partial charge on any atom is 0.119 e. The van der Waals surface area contributed by atoms with Gasteiger partial charge in [-0.1, -0.05) is 51.6 Å². The molecule has 1 fully saturated rings. The molecule has 3 heteroatoms. The fourth-order valence-electron chi connectivity index (χ4n) is 3.32. The molecule has 0 spiro atoms. The van der Waals surface area contributed by atoms with Gasteiger partial charge in [0, 0.05) is 9.30 Å². The van der Waals surface area contributed by atoms with E-state index in [4.69, 9.17) is 4.74 Å². The van der Waals surface area contributed by atoms with Crippen LogP contribution in [-0.4, -0.2) is 11.9 Å². The summed E-state index contributed by atoms with van der Waals surface area (Å²) in [6.07, 6.45) is 7.89. The highest BCUT2D eigenvalue weighted by Gasteiger charge is 2.28. The second-order valence-electron chi connectivity index (χ2n) is 5.91. The predicted molar refractivity (Wildman–Crippen MR) is 92.9 cm³/mol. The van der Waals surface area contributed by atoms with Gasteiger partial charge in [0.2, 0.25) is 0 Å². The van der Waals surface area contributed by atoms with E-state index < -0.39 is 0 Å². The van der Waals surface area contributed by atoms with Crippen LogP contribution < -0.4 is 4.74 Å². The third-order valence-corrected chi connectivity index (χ3v) is 6.41. The molecule has 0 aliphatic heterocycles. The van der Waals surface area contributed by atoms with Crippen LogP contribution in [0.15, 0.2) is 22.7 Å². The summed E-state index contributed by atoms with van der Waals surface area (Å²) in [5, 5.41) is 0. The Kier molecular flexibility index (Phi) is 6.41. The lowest BCUT2D eigenvalue weighted by molar-refractivity contribution is 0.263. The maximum absolute atomic E-state index is 5.35. The Hall–Kier alpha value is -0.0200. The molecule has 3 unspecified atom stereocenters. The van der Waals surface area contributed by atoms with Crippen LogP contribution in [0.1, 0.15) is 44.6 Å². The molecule has 0 bridgehead atoms. The lowest BCUT2D eigenvalue weighted by Crippen LogP contribution is -2.27. The van der Waals surface area contributed by atoms with Gasteiger partial charge in [-0.25, -0.2) is 0 Å². The number of alkyl halides is 1. The van der Waals surface area contributed by atoms with Crippen molar-refractivity contribution in [2.24, 2.45) is 11.8 Å². The van der Waals surface area contributed by atoms with E-state index in [0.29, 0.717) is 4.83 Å². The molecule has 0 amide bonds. The van der Waals surface area contributed by atoms with Gasteiger partial charge in [-0.3, -0.25) is 0 Å². The second-order valence-corrected chi connectivity index (χ2v) is 7.94. The number of rotatable bonds is 5. The van der Waals surface area contributed by atoms with Crippen molar-refractivity contribution in [3.05, 3.63) is 28.2 Å². The average Bonchev–Trinajstić information content (AvgIpc) is 2.45. The van der Waals surface area contributed by atoms with Crippen molar-refractivity contribution in [1.29, 1.82) is 0 Å². The summed E-state index contributed by atoms with van der Waals surface area (Å²) < 4.78 is 6.56. The summed E-state index contributed by atoms with van der Waals surface area (Å²) in [5.41, 5.74) is 1.37. The summed E-state index contributed by atoms with van der Waals surface area (Å²) in [7, 11) is 1.73. The molecular weight excluding hydrogens is 380 g/mol. The maximum atomic E-state index is 5.35. The van der Waals surface area contributed by atoms with Gasteiger partial charge in [0.25, 0.3) is 0 Å². The standard InChI is InChI=1S/C17H24Br2O/c1-3-4-12-5-7-16(18)13(9-12)10-14-11-15(20-2)6-8-17(14)19/h6,8,11-13,16H,3-5,7,9-10H2,1-2H3. The molecule has 1 saturated carbocycles. The minimum Gasteiger partial charge on any atom is -0.497 e. The Bertz CT molecular complexity index is 433. The Morgan fingerprint density at radius 1 is 1.30 bits per heavy atom. The molecule has 0 aromatic heterocycles. The summed E-state index contributed by atoms with van der Waals surface area (Å²) in [4.78, 5) is 0.661. The van der Waals surface area contributed by atoms with Gasteiger partial charge in [0.15, 0.2) is 0 Å². The average molecular weight is 404 g/mol. The summed E-state index contributed by atoms with van der Waals surface area (Å²) in [6, 6.07) is 6.29. The minimum absolute atomic E-state index is 0.661. The number of ether oxygens (including phenoxy) is 1. The molecule has 0 N–H and O–H groups in total. The van der Waals surface area contributed by atoms with E-state index in [1.807, 2.05) is 6.07 Å². The predicted octanol–water partition coefficient (Wildman–Crippen LogP) is 5.98. The fraction of sp³-hybridized carbons (Fsp3) is 0.647. The van der Waals surface area contributed by atoms with E-state index in [2.05, 4.69) is 50.9 Å². The van der Waals surface area contributed by atoms with E-state index in [1.54, 1.807) is 7.11 Å². The topological polar surface area (TPSA) is 9.23 Å². The van der Waals surface area contributed by atoms with Gasteiger partial charge in [-0.2, -0.15) is 0 Å². The third-order valence-electron chi connectivity index (χ3n) is 4.43. The van der Waals surface area contributed by atoms with E-state index in [-0.39, 0.29) is 0 Å². The Morgan fingerprint density at radius 3 is 2.80 bits per heavy atom. The zero-order valence-corrected chi connectivity index (χ0v) is 15.5. The van der Waals surface area contributed by atoms with E-state index in [1.165, 1.54) is 42.1 Å². The van der Waals surface area contributed by atoms with Crippen molar-refractivity contribution < 1.29 is 4.74 Å². The molecule has 1 aliphatic carbocycles. The minimum atomic E-state index is 0.661. The van der Waals surface area contributed by atoms with E-state index >= 15 is 0 Å². The highest BCUT2D eigenvalue weighted by molar-refractivity contribution is 9.10. The van der Waals surface area contributed by atoms with Crippen LogP contribution in [0.25, 0.3) is 0 Å². The molecule has 3 atom stereocenters. The van der Waals surface area contributed by atoms with Gasteiger partial charge >= 0.3 is 0 Å². The van der Waals surface area contributed by atoms with Crippen LogP contribution in [0.2, 0.25) is 0 Å². The molecule has 0 heterocycles. The first kappa shape index (κ1) is 16.4. The van der Waals surface area contributed by atoms with Crippen LogP contribution >= 0.6 is 31.9 Å². The Labute approximate surface area is 139 Å². The Balaban J connectivity index is 2.07. The van der Waals surface area contributed by atoms with Crippen molar-refractivity contribution in [3.63, 3.8) is 0 Å². The zero-order valence-electron chi connectivity index (χ0n) is 12.4. The number of hydrogen-bond acceptors (Lipinski definition) is 1. The van der Waals surface area contributed by atoms with Crippen LogP contribution in [0, 0.1) is 11.8 Å². The Morgan fingerprint density at radius 2 is 2.10 bits per heavy atom. The third kappa shape index (κ3) is 4.24. The molecule has 1 aliphatic rings. The quantitative estimate of drug-likeness (QED) is 0.549. The molecule has 1 nitrogen and oxygen atoms in total. The molecule has 0 saturated heterocycles. The summed E-state index contributed by atoms with van der Waals surface area (Å²) >= 11 is 7.59. The van der Waals surface area contributed by atoms with Crippen LogP contribution in [0.3, 0.4) is 0 Å². The van der Waals surface area contributed by atoms with Gasteiger partial charge < -0.3 is 4.74 Å². The van der Waals surface area contributed by atoms with Crippen molar-refractivity contribution in [3.8, 4) is 5.75 Å². The van der Waals surface area contributed by atoms with Crippen molar-refractivity contribution in [2.75, 3.05) is 7.11 Å². The lowest BCUT2D eigenvalue weighted by atomic mass is 9.77. The monoisotopic (exact) mass is 402 g/mol. The number of methoxy groups -OCH3 is 1. The highest BCUT2D eigenvalue weighted by atomic mass is 79.9. The van der Waals surface area contributed by atoms with Crippen LogP contribution in [0.4, 0.5) is 0 Å². The lowest BCUT2D eigenvalue weighted by Gasteiger charge is -2.33. The normalized spacial score (nSPS) is 26.5. The fourth-order valence-corrected chi connectivity index (χ4v) is 4.40. The van der Waals surface area contributed by atoms with Crippen LogP contribution in [0.5, 0.6) is 5.75 Å².